The van der Waals surface area contributed by atoms with Gasteiger partial charge >= 0.3 is 0 Å². The van der Waals surface area contributed by atoms with Crippen molar-refractivity contribution in [2.45, 2.75) is 39.2 Å². The molecule has 1 aliphatic heterocycles. The fraction of sp³-hybridized carbons (Fsp3) is 0.435. The van der Waals surface area contributed by atoms with Gasteiger partial charge in [0.25, 0.3) is 0 Å². The lowest BCUT2D eigenvalue weighted by Crippen LogP contribution is -2.32. The van der Waals surface area contributed by atoms with Crippen LogP contribution in [0.2, 0.25) is 0 Å². The summed E-state index contributed by atoms with van der Waals surface area (Å²) in [6.45, 7) is 8.10. The highest BCUT2D eigenvalue weighted by Gasteiger charge is 2.31. The van der Waals surface area contributed by atoms with Gasteiger partial charge in [-0.3, -0.25) is 0 Å². The summed E-state index contributed by atoms with van der Waals surface area (Å²) in [6.07, 6.45) is 1.10. The lowest BCUT2D eigenvalue weighted by Gasteiger charge is -2.26. The molecule has 4 rings (SSSR count). The minimum Gasteiger partial charge on any atom is -0.354 e. The number of nitrogens with zero attached hydrogens (tertiary/aromatic N) is 6. The second-order valence-corrected chi connectivity index (χ2v) is 8.39. The molecule has 1 saturated heterocycles. The molecule has 0 saturated carbocycles. The number of likely N-dealkylation sites (N-methyl/N-ethyl adjacent to an activating group) is 1. The average molecular weight is 389 g/mol. The number of aromatic nitrogens is 3. The van der Waals surface area contributed by atoms with E-state index in [0.29, 0.717) is 17.3 Å². The van der Waals surface area contributed by atoms with E-state index < -0.39 is 0 Å². The van der Waals surface area contributed by atoms with Gasteiger partial charge in [0.05, 0.1) is 0 Å². The number of hydrogen-bond acceptors (Lipinski definition) is 5. The lowest BCUT2D eigenvalue weighted by molar-refractivity contribution is 0.315. The van der Waals surface area contributed by atoms with Crippen molar-refractivity contribution in [1.82, 2.24) is 19.5 Å². The Morgan fingerprint density at radius 3 is 2.52 bits per heavy atom. The van der Waals surface area contributed by atoms with Gasteiger partial charge in [0.1, 0.15) is 17.5 Å². The molecule has 29 heavy (non-hydrogen) atoms. The topological polar surface area (TPSA) is 60.5 Å². The third-order valence-corrected chi connectivity index (χ3v) is 5.91. The number of anilines is 1. The molecule has 2 aromatic heterocycles. The molecule has 0 N–H and O–H groups in total. The third-order valence-electron chi connectivity index (χ3n) is 5.91. The average Bonchev–Trinajstić information content (AvgIpc) is 3.35. The molecule has 3 heterocycles. The Morgan fingerprint density at radius 1 is 1.21 bits per heavy atom. The highest BCUT2D eigenvalue weighted by atomic mass is 15.4. The molecule has 0 radical (unpaired) electrons. The number of nitriles is 1. The van der Waals surface area contributed by atoms with E-state index in [1.165, 1.54) is 0 Å². The van der Waals surface area contributed by atoms with Gasteiger partial charge in [-0.05, 0) is 38.6 Å². The molecule has 1 atom stereocenters. The first-order valence-electron chi connectivity index (χ1n) is 10.2. The zero-order valence-corrected chi connectivity index (χ0v) is 17.8. The molecule has 150 valence electrons. The minimum absolute atomic E-state index is 0.197. The van der Waals surface area contributed by atoms with E-state index in [2.05, 4.69) is 55.9 Å². The fourth-order valence-electron chi connectivity index (χ4n) is 4.18. The van der Waals surface area contributed by atoms with Gasteiger partial charge in [0.15, 0.2) is 11.5 Å². The lowest BCUT2D eigenvalue weighted by atomic mass is 9.97. The molecule has 0 aliphatic carbocycles. The largest absolute Gasteiger partial charge is 0.354 e. The first-order chi connectivity index (χ1) is 13.9. The van der Waals surface area contributed by atoms with Crippen molar-refractivity contribution in [1.29, 1.82) is 5.26 Å². The number of hydrogen-bond donors (Lipinski definition) is 0. The van der Waals surface area contributed by atoms with Crippen molar-refractivity contribution in [2.24, 2.45) is 0 Å². The standard InChI is InChI=1S/C23H28N6/c1-15(2)21-25-22-19(13-24)16(3)20(17-9-7-6-8-10-17)23(29(22)26-21)28-12-11-18(14-28)27(4)5/h6-10,15,18H,11-12,14H2,1-5H3/t18-/m0/s1. The third kappa shape index (κ3) is 3.26. The van der Waals surface area contributed by atoms with Crippen molar-refractivity contribution in [2.75, 3.05) is 32.1 Å². The molecule has 0 spiro atoms. The zero-order valence-electron chi connectivity index (χ0n) is 17.8. The predicted molar refractivity (Wildman–Crippen MR) is 116 cm³/mol. The SMILES string of the molecule is Cc1c(-c2ccccc2)c(N2CC[C@H](N(C)C)C2)n2nc(C(C)C)nc2c1C#N. The van der Waals surface area contributed by atoms with Crippen molar-refractivity contribution in [3.05, 3.63) is 47.3 Å². The molecular formula is C23H28N6. The van der Waals surface area contributed by atoms with E-state index in [1.54, 1.807) is 0 Å². The van der Waals surface area contributed by atoms with Gasteiger partial charge in [-0.2, -0.15) is 9.78 Å². The van der Waals surface area contributed by atoms with Crippen LogP contribution >= 0.6 is 0 Å². The van der Waals surface area contributed by atoms with Gasteiger partial charge in [0.2, 0.25) is 0 Å². The van der Waals surface area contributed by atoms with Crippen LogP contribution in [0.3, 0.4) is 0 Å². The summed E-state index contributed by atoms with van der Waals surface area (Å²) < 4.78 is 1.92. The van der Waals surface area contributed by atoms with Crippen molar-refractivity contribution < 1.29 is 0 Å². The van der Waals surface area contributed by atoms with Gasteiger partial charge in [-0.15, -0.1) is 5.10 Å². The number of pyridine rings is 1. The van der Waals surface area contributed by atoms with E-state index in [9.17, 15) is 5.26 Å². The molecule has 6 nitrogen and oxygen atoms in total. The highest BCUT2D eigenvalue weighted by Crippen LogP contribution is 2.39. The van der Waals surface area contributed by atoms with Gasteiger partial charge in [-0.25, -0.2) is 4.98 Å². The van der Waals surface area contributed by atoms with Crippen LogP contribution < -0.4 is 4.90 Å². The normalized spacial score (nSPS) is 16.9. The molecular weight excluding hydrogens is 360 g/mol. The number of fused-ring (bicyclic) bond motifs is 1. The quantitative estimate of drug-likeness (QED) is 0.680. The van der Waals surface area contributed by atoms with E-state index in [-0.39, 0.29) is 5.92 Å². The van der Waals surface area contributed by atoms with Crippen molar-refractivity contribution in [3.8, 4) is 17.2 Å². The zero-order chi connectivity index (χ0) is 20.7. The molecule has 0 unspecified atom stereocenters. The Morgan fingerprint density at radius 2 is 1.93 bits per heavy atom. The summed E-state index contributed by atoms with van der Waals surface area (Å²) >= 11 is 0. The van der Waals surface area contributed by atoms with Gasteiger partial charge < -0.3 is 9.80 Å². The van der Waals surface area contributed by atoms with E-state index in [0.717, 1.165) is 47.8 Å². The van der Waals surface area contributed by atoms with E-state index >= 15 is 0 Å². The van der Waals surface area contributed by atoms with Crippen LogP contribution in [-0.2, 0) is 0 Å². The second kappa shape index (κ2) is 7.49. The minimum atomic E-state index is 0.197. The Kier molecular flexibility index (Phi) is 5.01. The Bertz CT molecular complexity index is 1070. The predicted octanol–water partition coefficient (Wildman–Crippen LogP) is 3.84. The first kappa shape index (κ1) is 19.4. The Labute approximate surface area is 172 Å². The molecule has 1 aliphatic rings. The van der Waals surface area contributed by atoms with Crippen LogP contribution in [0.1, 0.15) is 43.1 Å². The monoisotopic (exact) mass is 388 g/mol. The van der Waals surface area contributed by atoms with Crippen LogP contribution in [0.15, 0.2) is 30.3 Å². The molecule has 6 heteroatoms. The summed E-state index contributed by atoms with van der Waals surface area (Å²) in [5.41, 5.74) is 4.42. The molecule has 1 aromatic carbocycles. The summed E-state index contributed by atoms with van der Waals surface area (Å²) in [7, 11) is 4.27. The maximum atomic E-state index is 9.96. The first-order valence-corrected chi connectivity index (χ1v) is 10.2. The van der Waals surface area contributed by atoms with Crippen LogP contribution in [-0.4, -0.2) is 52.7 Å². The van der Waals surface area contributed by atoms with Crippen molar-refractivity contribution in [3.63, 3.8) is 0 Å². The van der Waals surface area contributed by atoms with Gasteiger partial charge in [0, 0.05) is 30.6 Å². The summed E-state index contributed by atoms with van der Waals surface area (Å²) in [5, 5.41) is 14.8. The smallest absolute Gasteiger partial charge is 0.176 e. The maximum absolute atomic E-state index is 9.96. The maximum Gasteiger partial charge on any atom is 0.176 e. The Balaban J connectivity index is 2.04. The molecule has 1 fully saturated rings. The van der Waals surface area contributed by atoms with Crippen LogP contribution in [0.25, 0.3) is 16.8 Å². The number of rotatable bonds is 4. The highest BCUT2D eigenvalue weighted by molar-refractivity contribution is 5.85. The van der Waals surface area contributed by atoms with Crippen LogP contribution in [0.5, 0.6) is 0 Å². The molecule has 0 bridgehead atoms. The van der Waals surface area contributed by atoms with Crippen LogP contribution in [0, 0.1) is 18.3 Å². The number of benzene rings is 1. The fourth-order valence-corrected chi connectivity index (χ4v) is 4.18. The van der Waals surface area contributed by atoms with Crippen LogP contribution in [0.4, 0.5) is 5.82 Å². The second-order valence-electron chi connectivity index (χ2n) is 8.39. The van der Waals surface area contributed by atoms with Gasteiger partial charge in [-0.1, -0.05) is 44.2 Å². The molecule has 3 aromatic rings. The Hall–Kier alpha value is -2.91. The summed E-state index contributed by atoms with van der Waals surface area (Å²) in [4.78, 5) is 9.46. The van der Waals surface area contributed by atoms with E-state index in [4.69, 9.17) is 10.1 Å². The van der Waals surface area contributed by atoms with Crippen molar-refractivity contribution >= 4 is 11.5 Å². The summed E-state index contributed by atoms with van der Waals surface area (Å²) in [5.74, 6) is 2.02. The summed E-state index contributed by atoms with van der Waals surface area (Å²) in [6, 6.07) is 13.2. The van der Waals surface area contributed by atoms with E-state index in [1.807, 2.05) is 29.6 Å². The molecule has 0 amide bonds.